The van der Waals surface area contributed by atoms with Crippen molar-refractivity contribution in [1.82, 2.24) is 5.43 Å². The van der Waals surface area contributed by atoms with Gasteiger partial charge >= 0.3 is 0 Å². The Morgan fingerprint density at radius 1 is 1.24 bits per heavy atom. The molecule has 0 unspecified atom stereocenters. The van der Waals surface area contributed by atoms with Gasteiger partial charge < -0.3 is 26.2 Å². The van der Waals surface area contributed by atoms with E-state index in [0.717, 1.165) is 11.4 Å². The lowest BCUT2D eigenvalue weighted by Gasteiger charge is -2.11. The summed E-state index contributed by atoms with van der Waals surface area (Å²) in [4.78, 5) is 10.8. The van der Waals surface area contributed by atoms with Crippen LogP contribution in [0, 0.1) is 0 Å². The van der Waals surface area contributed by atoms with Gasteiger partial charge in [0.05, 0.1) is 12.7 Å². The third kappa shape index (κ3) is 7.47. The molecule has 1 aromatic carbocycles. The highest BCUT2D eigenvalue weighted by Crippen LogP contribution is 2.13. The fraction of sp³-hybridized carbons (Fsp3) is 0.462. The zero-order valence-electron chi connectivity index (χ0n) is 11.8. The highest BCUT2D eigenvalue weighted by molar-refractivity contribution is 5.76. The number of ether oxygens (including phenoxy) is 1. The van der Waals surface area contributed by atoms with Gasteiger partial charge in [-0.05, 0) is 24.3 Å². The van der Waals surface area contributed by atoms with Gasteiger partial charge in [-0.25, -0.2) is 5.84 Å². The molecule has 0 aliphatic rings. The normalized spacial score (nSPS) is 11.8. The summed E-state index contributed by atoms with van der Waals surface area (Å²) in [5.74, 6) is 4.56. The molecule has 21 heavy (non-hydrogen) atoms. The van der Waals surface area contributed by atoms with Crippen molar-refractivity contribution < 1.29 is 14.6 Å². The molecule has 0 bridgehead atoms. The molecule has 0 heterocycles. The first-order chi connectivity index (χ1) is 10.2. The third-order valence-electron chi connectivity index (χ3n) is 2.67. The van der Waals surface area contributed by atoms with Gasteiger partial charge in [-0.3, -0.25) is 10.2 Å². The fourth-order valence-corrected chi connectivity index (χ4v) is 1.50. The zero-order chi connectivity index (χ0) is 15.5. The van der Waals surface area contributed by atoms with Crippen LogP contribution >= 0.6 is 0 Å². The highest BCUT2D eigenvalue weighted by atomic mass is 16.5. The van der Waals surface area contributed by atoms with Crippen molar-refractivity contribution in [2.24, 2.45) is 11.6 Å². The Morgan fingerprint density at radius 3 is 2.43 bits per heavy atom. The van der Waals surface area contributed by atoms with Crippen LogP contribution in [0.4, 0.5) is 11.4 Å². The Labute approximate surface area is 123 Å². The standard InChI is InChI=1S/C13H23N5O3/c14-7-12(19)8-17-11-3-1-10(2-4-11)16-5-6-21-9-13(20)18-15/h1-4,12,16-17,19H,5-9,14-15H2,(H,18,20)/t12-/m0/s1. The van der Waals surface area contributed by atoms with E-state index in [1.165, 1.54) is 0 Å². The van der Waals surface area contributed by atoms with Crippen LogP contribution in [0.5, 0.6) is 0 Å². The Bertz CT molecular complexity index is 413. The van der Waals surface area contributed by atoms with Crippen LogP contribution in [0.3, 0.4) is 0 Å². The van der Waals surface area contributed by atoms with Crippen molar-refractivity contribution in [2.45, 2.75) is 6.10 Å². The van der Waals surface area contributed by atoms with Gasteiger partial charge in [0, 0.05) is 31.0 Å². The maximum Gasteiger partial charge on any atom is 0.259 e. The maximum atomic E-state index is 10.8. The molecule has 1 amide bonds. The molecule has 1 atom stereocenters. The first-order valence-corrected chi connectivity index (χ1v) is 6.69. The highest BCUT2D eigenvalue weighted by Gasteiger charge is 2.01. The van der Waals surface area contributed by atoms with E-state index in [1.807, 2.05) is 29.7 Å². The summed E-state index contributed by atoms with van der Waals surface area (Å²) >= 11 is 0. The van der Waals surface area contributed by atoms with E-state index in [4.69, 9.17) is 16.3 Å². The number of nitrogens with two attached hydrogens (primary N) is 2. The number of hydrogen-bond donors (Lipinski definition) is 6. The van der Waals surface area contributed by atoms with Gasteiger partial charge in [0.1, 0.15) is 6.61 Å². The summed E-state index contributed by atoms with van der Waals surface area (Å²) < 4.78 is 5.10. The molecule has 8 nitrogen and oxygen atoms in total. The summed E-state index contributed by atoms with van der Waals surface area (Å²) in [5.41, 5.74) is 9.15. The molecule has 0 radical (unpaired) electrons. The van der Waals surface area contributed by atoms with Gasteiger partial charge in [-0.1, -0.05) is 0 Å². The number of hydrazine groups is 1. The van der Waals surface area contributed by atoms with Crippen LogP contribution in [0.25, 0.3) is 0 Å². The summed E-state index contributed by atoms with van der Waals surface area (Å²) in [6, 6.07) is 7.61. The maximum absolute atomic E-state index is 10.8. The molecule has 0 aliphatic carbocycles. The number of carbonyl (C=O) groups excluding carboxylic acids is 1. The lowest BCUT2D eigenvalue weighted by Crippen LogP contribution is -2.33. The van der Waals surface area contributed by atoms with E-state index in [9.17, 15) is 9.90 Å². The summed E-state index contributed by atoms with van der Waals surface area (Å²) in [6.07, 6.45) is -0.550. The largest absolute Gasteiger partial charge is 0.390 e. The van der Waals surface area contributed by atoms with Crippen LogP contribution in [0.1, 0.15) is 0 Å². The molecule has 1 aromatic rings. The van der Waals surface area contributed by atoms with E-state index < -0.39 is 6.10 Å². The second-order valence-corrected chi connectivity index (χ2v) is 4.39. The minimum atomic E-state index is -0.550. The molecule has 0 saturated heterocycles. The SMILES string of the molecule is NC[C@H](O)CNc1ccc(NCCOCC(=O)NN)cc1. The molecule has 8 N–H and O–H groups in total. The minimum absolute atomic E-state index is 0.0511. The number of aliphatic hydroxyl groups is 1. The molecule has 0 aromatic heterocycles. The molecule has 0 fully saturated rings. The molecule has 0 spiro atoms. The number of aliphatic hydroxyl groups excluding tert-OH is 1. The van der Waals surface area contributed by atoms with Crippen LogP contribution in [-0.2, 0) is 9.53 Å². The second-order valence-electron chi connectivity index (χ2n) is 4.39. The van der Waals surface area contributed by atoms with E-state index in [0.29, 0.717) is 19.7 Å². The van der Waals surface area contributed by atoms with Crippen LogP contribution in [-0.4, -0.2) is 50.0 Å². The Hall–Kier alpha value is -1.87. The first kappa shape index (κ1) is 17.2. The predicted molar refractivity (Wildman–Crippen MR) is 81.6 cm³/mol. The molecule has 0 saturated carbocycles. The summed E-state index contributed by atoms with van der Waals surface area (Å²) in [7, 11) is 0. The summed E-state index contributed by atoms with van der Waals surface area (Å²) in [6.45, 7) is 1.58. The van der Waals surface area contributed by atoms with Gasteiger partial charge in [0.2, 0.25) is 0 Å². The van der Waals surface area contributed by atoms with Gasteiger partial charge in [0.15, 0.2) is 0 Å². The first-order valence-electron chi connectivity index (χ1n) is 6.69. The quantitative estimate of drug-likeness (QED) is 0.139. The monoisotopic (exact) mass is 297 g/mol. The van der Waals surface area contributed by atoms with Gasteiger partial charge in [0.25, 0.3) is 5.91 Å². The minimum Gasteiger partial charge on any atom is -0.390 e. The van der Waals surface area contributed by atoms with Crippen molar-refractivity contribution in [3.8, 4) is 0 Å². The molecule has 8 heteroatoms. The molecular weight excluding hydrogens is 274 g/mol. The number of carbonyl (C=O) groups is 1. The topological polar surface area (TPSA) is 135 Å². The van der Waals surface area contributed by atoms with Crippen LogP contribution < -0.4 is 27.6 Å². The number of anilines is 2. The third-order valence-corrected chi connectivity index (χ3v) is 2.67. The predicted octanol–water partition coefficient (Wildman–Crippen LogP) is -1.16. The molecule has 1 rings (SSSR count). The van der Waals surface area contributed by atoms with E-state index in [-0.39, 0.29) is 19.1 Å². The lowest BCUT2D eigenvalue weighted by atomic mass is 10.2. The second kappa shape index (κ2) is 9.94. The van der Waals surface area contributed by atoms with E-state index in [2.05, 4.69) is 10.6 Å². The number of rotatable bonds is 10. The average Bonchev–Trinajstić information content (AvgIpc) is 2.53. The molecular formula is C13H23N5O3. The van der Waals surface area contributed by atoms with Crippen molar-refractivity contribution in [2.75, 3.05) is 43.5 Å². The zero-order valence-corrected chi connectivity index (χ0v) is 11.8. The average molecular weight is 297 g/mol. The molecule has 118 valence electrons. The number of nitrogens with one attached hydrogen (secondary N) is 3. The van der Waals surface area contributed by atoms with Gasteiger partial charge in [-0.2, -0.15) is 0 Å². The fourth-order valence-electron chi connectivity index (χ4n) is 1.50. The van der Waals surface area contributed by atoms with Crippen molar-refractivity contribution in [1.29, 1.82) is 0 Å². The number of benzene rings is 1. The van der Waals surface area contributed by atoms with E-state index in [1.54, 1.807) is 0 Å². The smallest absolute Gasteiger partial charge is 0.259 e. The van der Waals surface area contributed by atoms with E-state index >= 15 is 0 Å². The van der Waals surface area contributed by atoms with Crippen molar-refractivity contribution in [3.63, 3.8) is 0 Å². The Kier molecular flexibility index (Phi) is 8.14. The Morgan fingerprint density at radius 2 is 1.86 bits per heavy atom. The van der Waals surface area contributed by atoms with Crippen molar-refractivity contribution in [3.05, 3.63) is 24.3 Å². The molecule has 0 aliphatic heterocycles. The van der Waals surface area contributed by atoms with Crippen LogP contribution in [0.2, 0.25) is 0 Å². The number of amides is 1. The van der Waals surface area contributed by atoms with Crippen molar-refractivity contribution >= 4 is 17.3 Å². The van der Waals surface area contributed by atoms with Crippen LogP contribution in [0.15, 0.2) is 24.3 Å². The lowest BCUT2D eigenvalue weighted by molar-refractivity contribution is -0.125. The van der Waals surface area contributed by atoms with Gasteiger partial charge in [-0.15, -0.1) is 0 Å². The Balaban J connectivity index is 2.20. The summed E-state index contributed by atoms with van der Waals surface area (Å²) in [5, 5.41) is 15.6. The number of hydrogen-bond acceptors (Lipinski definition) is 7.